The molecule has 1 aliphatic heterocycles. The predicted octanol–water partition coefficient (Wildman–Crippen LogP) is 2.43. The van der Waals surface area contributed by atoms with Crippen molar-refractivity contribution in [3.05, 3.63) is 12.7 Å². The summed E-state index contributed by atoms with van der Waals surface area (Å²) in [6.07, 6.45) is 0.935. The zero-order valence-corrected chi connectivity index (χ0v) is 22.2. The fraction of sp³-hybridized carbons (Fsp3) is 0.778. The first-order chi connectivity index (χ1) is 17.3. The lowest BCUT2D eigenvalue weighted by Crippen LogP contribution is -2.63. The summed E-state index contributed by atoms with van der Waals surface area (Å²) in [4.78, 5) is 50.2. The van der Waals surface area contributed by atoms with E-state index in [1.54, 1.807) is 6.08 Å². The van der Waals surface area contributed by atoms with Gasteiger partial charge < -0.3 is 25.6 Å². The molecule has 0 aromatic carbocycles. The third kappa shape index (κ3) is 4.46. The number of aliphatic hydroxyl groups is 1. The van der Waals surface area contributed by atoms with E-state index < -0.39 is 53.3 Å². The van der Waals surface area contributed by atoms with Crippen LogP contribution in [0, 0.1) is 34.0 Å². The van der Waals surface area contributed by atoms with Crippen LogP contribution in [0.1, 0.15) is 66.2 Å². The van der Waals surface area contributed by atoms with Crippen molar-refractivity contribution in [3.8, 4) is 0 Å². The zero-order valence-electron chi connectivity index (χ0n) is 22.2. The molecule has 206 valence electrons. The smallest absolute Gasteiger partial charge is 0.416 e. The molecule has 10 atom stereocenters. The van der Waals surface area contributed by atoms with E-state index in [2.05, 4.69) is 24.1 Å². The third-order valence-corrected chi connectivity index (χ3v) is 10.5. The molecule has 37 heavy (non-hydrogen) atoms. The van der Waals surface area contributed by atoms with Gasteiger partial charge in [-0.25, -0.2) is 14.9 Å². The number of alkyl carbamates (subject to hydrolysis) is 2. The largest absolute Gasteiger partial charge is 0.445 e. The Balaban J connectivity index is 1.58. The van der Waals surface area contributed by atoms with E-state index in [-0.39, 0.29) is 48.3 Å². The molecule has 4 fully saturated rings. The number of primary amides is 1. The van der Waals surface area contributed by atoms with E-state index in [0.717, 1.165) is 12.8 Å². The number of carbonyl (C=O) groups is 4. The highest BCUT2D eigenvalue weighted by atomic mass is 16.6. The molecule has 3 amide bonds. The number of ether oxygens (including phenoxy) is 2. The van der Waals surface area contributed by atoms with Gasteiger partial charge in [-0.3, -0.25) is 9.59 Å². The number of hydrogen-bond acceptors (Lipinski definition) is 8. The summed E-state index contributed by atoms with van der Waals surface area (Å²) in [7, 11) is 0. The maximum Gasteiger partial charge on any atom is 0.416 e. The molecule has 0 aromatic heterocycles. The van der Waals surface area contributed by atoms with Gasteiger partial charge in [0.05, 0.1) is 12.1 Å². The van der Waals surface area contributed by atoms with Gasteiger partial charge in [0.25, 0.3) is 0 Å². The Kier molecular flexibility index (Phi) is 7.22. The van der Waals surface area contributed by atoms with Gasteiger partial charge >= 0.3 is 12.2 Å². The average molecular weight is 520 g/mol. The molecule has 0 aromatic rings. The number of imide groups is 1. The molecule has 1 saturated heterocycles. The number of carbonyl (C=O) groups excluding carboxylic acids is 4. The van der Waals surface area contributed by atoms with Crippen LogP contribution in [0.3, 0.4) is 0 Å². The minimum Gasteiger partial charge on any atom is -0.445 e. The quantitative estimate of drug-likeness (QED) is 0.413. The van der Waals surface area contributed by atoms with Crippen LogP contribution in [0.4, 0.5) is 9.59 Å². The zero-order chi connectivity index (χ0) is 27.3. The number of rotatable bonds is 4. The van der Waals surface area contributed by atoms with E-state index in [1.807, 2.05) is 20.8 Å². The molecule has 4 aliphatic rings. The maximum atomic E-state index is 13.4. The van der Waals surface area contributed by atoms with Crippen LogP contribution in [0.5, 0.6) is 0 Å². The summed E-state index contributed by atoms with van der Waals surface area (Å²) >= 11 is 0. The van der Waals surface area contributed by atoms with E-state index in [0.29, 0.717) is 12.8 Å². The topological polar surface area (TPSA) is 157 Å². The molecule has 2 bridgehead atoms. The Morgan fingerprint density at radius 2 is 1.86 bits per heavy atom. The fourth-order valence-electron chi connectivity index (χ4n) is 7.93. The molecule has 10 nitrogen and oxygen atoms in total. The minimum atomic E-state index is -0.985. The second-order valence-electron chi connectivity index (χ2n) is 12.2. The average Bonchev–Trinajstić information content (AvgIpc) is 3.45. The lowest BCUT2D eigenvalue weighted by atomic mass is 9.44. The van der Waals surface area contributed by atoms with Crippen molar-refractivity contribution in [2.45, 2.75) is 90.6 Å². The summed E-state index contributed by atoms with van der Waals surface area (Å²) in [5.74, 6) is -0.800. The molecule has 0 spiro atoms. The van der Waals surface area contributed by atoms with Crippen molar-refractivity contribution in [2.24, 2.45) is 39.7 Å². The molecule has 1 heterocycles. The minimum absolute atomic E-state index is 0.0734. The molecule has 1 unspecified atom stereocenters. The molecule has 3 aliphatic carbocycles. The summed E-state index contributed by atoms with van der Waals surface area (Å²) < 4.78 is 11.2. The standard InChI is InChI=1S/C27H41N3O7/c1-6-25(4)12-19(37-24(35)30-23(34)36-16-11-17(22(28)33)29-13-16)26(5)14(2)7-9-27(15(3)21(25)32)10-8-18(31)20(26)27/h6,14-17,19-21,29,32H,1,7-13H2,2-5H3,(H2,28,33)(H,30,34,35)/t14?,15-,16+,17-,19+,20-,21-,25+,26+,27-/m0/s1. The highest BCUT2D eigenvalue weighted by Gasteiger charge is 2.68. The molecular weight excluding hydrogens is 478 g/mol. The Morgan fingerprint density at radius 1 is 1.19 bits per heavy atom. The van der Waals surface area contributed by atoms with Crippen molar-refractivity contribution in [2.75, 3.05) is 6.54 Å². The molecule has 3 saturated carbocycles. The van der Waals surface area contributed by atoms with Crippen LogP contribution < -0.4 is 16.4 Å². The van der Waals surface area contributed by atoms with Gasteiger partial charge in [-0.05, 0) is 42.9 Å². The second kappa shape index (κ2) is 9.69. The van der Waals surface area contributed by atoms with Gasteiger partial charge in [0.1, 0.15) is 18.0 Å². The number of amides is 3. The van der Waals surface area contributed by atoms with Crippen molar-refractivity contribution in [1.82, 2.24) is 10.6 Å². The summed E-state index contributed by atoms with van der Waals surface area (Å²) in [6.45, 7) is 12.3. The van der Waals surface area contributed by atoms with E-state index in [4.69, 9.17) is 15.2 Å². The molecule has 10 heteroatoms. The van der Waals surface area contributed by atoms with Crippen molar-refractivity contribution in [1.29, 1.82) is 0 Å². The fourth-order valence-corrected chi connectivity index (χ4v) is 7.93. The Bertz CT molecular complexity index is 987. The summed E-state index contributed by atoms with van der Waals surface area (Å²) in [6, 6.07) is -0.595. The van der Waals surface area contributed by atoms with Crippen LogP contribution in [0.25, 0.3) is 0 Å². The Labute approximate surface area is 218 Å². The van der Waals surface area contributed by atoms with Crippen molar-refractivity contribution >= 4 is 23.9 Å². The van der Waals surface area contributed by atoms with Crippen LogP contribution >= 0.6 is 0 Å². The van der Waals surface area contributed by atoms with E-state index in [9.17, 15) is 24.3 Å². The highest BCUT2D eigenvalue weighted by Crippen LogP contribution is 2.67. The van der Waals surface area contributed by atoms with Gasteiger partial charge in [0.2, 0.25) is 5.91 Å². The lowest BCUT2D eigenvalue weighted by molar-refractivity contribution is -0.191. The maximum absolute atomic E-state index is 13.4. The van der Waals surface area contributed by atoms with E-state index in [1.165, 1.54) is 0 Å². The summed E-state index contributed by atoms with van der Waals surface area (Å²) in [5.41, 5.74) is 3.44. The molecule has 4 rings (SSSR count). The number of nitrogens with one attached hydrogen (secondary N) is 2. The first-order valence-electron chi connectivity index (χ1n) is 13.3. The SMILES string of the molecule is C=C[C@]1(C)C[C@@H](OC(=O)NC(=O)O[C@H]2CN[C@H](C(N)=O)C2)[C@@]2(C)C(C)CC[C@]3(CCC(=O)[C@H]32)[C@@H](C)[C@@H]1O. The number of nitrogens with two attached hydrogens (primary N) is 1. The molecule has 0 radical (unpaired) electrons. The van der Waals surface area contributed by atoms with Crippen molar-refractivity contribution in [3.63, 3.8) is 0 Å². The summed E-state index contributed by atoms with van der Waals surface area (Å²) in [5, 5.41) is 16.6. The van der Waals surface area contributed by atoms with Gasteiger partial charge in [-0.2, -0.15) is 0 Å². The number of Topliss-reactive ketones (excluding diaryl/α,β-unsaturated/α-hetero) is 1. The Morgan fingerprint density at radius 3 is 2.49 bits per heavy atom. The monoisotopic (exact) mass is 519 g/mol. The van der Waals surface area contributed by atoms with Gasteiger partial charge in [0.15, 0.2) is 0 Å². The third-order valence-electron chi connectivity index (χ3n) is 10.5. The molecular formula is C27H41N3O7. The van der Waals surface area contributed by atoms with Crippen LogP contribution in [0.2, 0.25) is 0 Å². The predicted molar refractivity (Wildman–Crippen MR) is 134 cm³/mol. The van der Waals surface area contributed by atoms with Gasteiger partial charge in [-0.15, -0.1) is 6.58 Å². The van der Waals surface area contributed by atoms with Gasteiger partial charge in [0, 0.05) is 36.1 Å². The normalized spacial score (nSPS) is 45.2. The number of aliphatic hydroxyl groups excluding tert-OH is 1. The number of ketones is 1. The van der Waals surface area contributed by atoms with E-state index >= 15 is 0 Å². The van der Waals surface area contributed by atoms with Crippen LogP contribution in [0.15, 0.2) is 12.7 Å². The molecule has 5 N–H and O–H groups in total. The second-order valence-corrected chi connectivity index (χ2v) is 12.2. The van der Waals surface area contributed by atoms with Crippen LogP contribution in [-0.2, 0) is 19.1 Å². The lowest BCUT2D eigenvalue weighted by Gasteiger charge is -2.61. The first kappa shape index (κ1) is 27.6. The van der Waals surface area contributed by atoms with Crippen LogP contribution in [-0.4, -0.2) is 59.9 Å². The first-order valence-corrected chi connectivity index (χ1v) is 13.3. The van der Waals surface area contributed by atoms with Crippen molar-refractivity contribution < 1.29 is 33.8 Å². The number of hydrogen-bond donors (Lipinski definition) is 4. The highest BCUT2D eigenvalue weighted by molar-refractivity contribution is 5.88. The Hall–Kier alpha value is -2.46. The van der Waals surface area contributed by atoms with Gasteiger partial charge in [-0.1, -0.05) is 33.8 Å².